The lowest BCUT2D eigenvalue weighted by Crippen LogP contribution is -2.37. The van der Waals surface area contributed by atoms with Gasteiger partial charge in [0.15, 0.2) is 5.96 Å². The van der Waals surface area contributed by atoms with Crippen molar-refractivity contribution in [1.82, 2.24) is 10.6 Å². The van der Waals surface area contributed by atoms with Gasteiger partial charge in [0.25, 0.3) is 0 Å². The van der Waals surface area contributed by atoms with E-state index < -0.39 is 0 Å². The summed E-state index contributed by atoms with van der Waals surface area (Å²) in [6.07, 6.45) is 0.732. The highest BCUT2D eigenvalue weighted by atomic mass is 127. The van der Waals surface area contributed by atoms with E-state index in [4.69, 9.17) is 11.6 Å². The maximum Gasteiger partial charge on any atom is 0.191 e. The molecule has 0 aliphatic carbocycles. The molecule has 0 radical (unpaired) electrons. The van der Waals surface area contributed by atoms with Crippen LogP contribution in [0.15, 0.2) is 53.5 Å². The number of hydrogen-bond donors (Lipinski definition) is 2. The third-order valence-corrected chi connectivity index (χ3v) is 3.40. The van der Waals surface area contributed by atoms with Crippen LogP contribution in [0.3, 0.4) is 0 Å². The molecule has 3 nitrogen and oxygen atoms in total. The Bertz CT molecular complexity index is 649. The summed E-state index contributed by atoms with van der Waals surface area (Å²) in [5.41, 5.74) is 2.04. The van der Waals surface area contributed by atoms with Crippen molar-refractivity contribution in [2.24, 2.45) is 4.99 Å². The van der Waals surface area contributed by atoms with Gasteiger partial charge in [-0.3, -0.25) is 4.99 Å². The molecule has 0 spiro atoms. The summed E-state index contributed by atoms with van der Waals surface area (Å²) in [6, 6.07) is 14.3. The van der Waals surface area contributed by atoms with E-state index in [1.165, 1.54) is 6.07 Å². The van der Waals surface area contributed by atoms with Crippen LogP contribution in [-0.4, -0.2) is 19.6 Å². The smallest absolute Gasteiger partial charge is 0.191 e. The van der Waals surface area contributed by atoms with Crippen LogP contribution in [0.5, 0.6) is 0 Å². The summed E-state index contributed by atoms with van der Waals surface area (Å²) >= 11 is 5.95. The molecule has 2 N–H and O–H groups in total. The van der Waals surface area contributed by atoms with Crippen LogP contribution in [-0.2, 0) is 13.0 Å². The lowest BCUT2D eigenvalue weighted by Gasteiger charge is -2.12. The summed E-state index contributed by atoms with van der Waals surface area (Å²) in [6.45, 7) is 1.32. The van der Waals surface area contributed by atoms with Crippen molar-refractivity contribution in [2.45, 2.75) is 13.0 Å². The van der Waals surface area contributed by atoms with Gasteiger partial charge in [-0.05, 0) is 41.8 Å². The predicted molar refractivity (Wildman–Crippen MR) is 105 cm³/mol. The Morgan fingerprint density at radius 2 is 1.83 bits per heavy atom. The van der Waals surface area contributed by atoms with Crippen molar-refractivity contribution in [3.05, 3.63) is 70.5 Å². The van der Waals surface area contributed by atoms with E-state index in [9.17, 15) is 4.39 Å². The number of nitrogens with one attached hydrogen (secondary N) is 2. The summed E-state index contributed by atoms with van der Waals surface area (Å²) < 4.78 is 13.1. The molecule has 0 unspecified atom stereocenters. The predicted octanol–water partition coefficient (Wildman–Crippen LogP) is 4.00. The highest BCUT2D eigenvalue weighted by molar-refractivity contribution is 14.0. The average molecular weight is 448 g/mol. The molecular weight excluding hydrogens is 428 g/mol. The van der Waals surface area contributed by atoms with E-state index in [-0.39, 0.29) is 29.8 Å². The second-order valence-electron chi connectivity index (χ2n) is 4.86. The number of aliphatic imine (C=N–C) groups is 1. The normalized spacial score (nSPS) is 10.8. The third-order valence-electron chi connectivity index (χ3n) is 3.17. The van der Waals surface area contributed by atoms with Crippen LogP contribution in [0.1, 0.15) is 11.1 Å². The van der Waals surface area contributed by atoms with Crippen molar-refractivity contribution in [2.75, 3.05) is 13.6 Å². The number of nitrogens with zero attached hydrogens (tertiary/aromatic N) is 1. The lowest BCUT2D eigenvalue weighted by atomic mass is 10.1. The highest BCUT2D eigenvalue weighted by Gasteiger charge is 2.00. The Morgan fingerprint density at radius 1 is 1.09 bits per heavy atom. The van der Waals surface area contributed by atoms with Gasteiger partial charge in [-0.15, -0.1) is 24.0 Å². The molecule has 2 aromatic carbocycles. The van der Waals surface area contributed by atoms with Gasteiger partial charge < -0.3 is 10.6 Å². The molecule has 124 valence electrons. The van der Waals surface area contributed by atoms with Gasteiger partial charge in [0.2, 0.25) is 0 Å². The molecule has 0 amide bonds. The Kier molecular flexibility index (Phi) is 8.94. The molecule has 0 heterocycles. The first-order valence-electron chi connectivity index (χ1n) is 7.11. The number of guanidine groups is 1. The molecule has 6 heteroatoms. The molecule has 2 aromatic rings. The van der Waals surface area contributed by atoms with E-state index in [1.807, 2.05) is 30.3 Å². The van der Waals surface area contributed by atoms with Crippen molar-refractivity contribution in [1.29, 1.82) is 0 Å². The van der Waals surface area contributed by atoms with Gasteiger partial charge in [0, 0.05) is 25.2 Å². The molecule has 0 fully saturated rings. The zero-order valence-electron chi connectivity index (χ0n) is 12.9. The van der Waals surface area contributed by atoms with Crippen molar-refractivity contribution < 1.29 is 4.39 Å². The summed E-state index contributed by atoms with van der Waals surface area (Å²) in [5, 5.41) is 7.14. The Hall–Kier alpha value is -1.34. The monoisotopic (exact) mass is 447 g/mol. The molecule has 0 aromatic heterocycles. The highest BCUT2D eigenvalue weighted by Crippen LogP contribution is 2.10. The molecule has 2 rings (SSSR count). The second-order valence-corrected chi connectivity index (χ2v) is 5.30. The van der Waals surface area contributed by atoms with Crippen LogP contribution in [0.2, 0.25) is 5.02 Å². The molecular formula is C17H20ClFIN3. The minimum Gasteiger partial charge on any atom is -0.356 e. The minimum absolute atomic E-state index is 0. The fourth-order valence-corrected chi connectivity index (χ4v) is 2.28. The molecule has 0 saturated carbocycles. The van der Waals surface area contributed by atoms with Crippen LogP contribution < -0.4 is 10.6 Å². The maximum absolute atomic E-state index is 13.1. The first-order chi connectivity index (χ1) is 10.7. The Balaban J connectivity index is 0.00000264. The maximum atomic E-state index is 13.1. The molecule has 23 heavy (non-hydrogen) atoms. The molecule has 0 saturated heterocycles. The van der Waals surface area contributed by atoms with Gasteiger partial charge in [-0.2, -0.15) is 0 Å². The topological polar surface area (TPSA) is 36.4 Å². The van der Waals surface area contributed by atoms with Crippen LogP contribution >= 0.6 is 35.6 Å². The molecule has 0 aliphatic heterocycles. The van der Waals surface area contributed by atoms with Gasteiger partial charge >= 0.3 is 0 Å². The zero-order chi connectivity index (χ0) is 15.8. The quantitative estimate of drug-likeness (QED) is 0.413. The van der Waals surface area contributed by atoms with E-state index in [2.05, 4.69) is 15.6 Å². The number of rotatable bonds is 5. The summed E-state index contributed by atoms with van der Waals surface area (Å²) in [7, 11) is 1.72. The second kappa shape index (κ2) is 10.4. The van der Waals surface area contributed by atoms with Crippen molar-refractivity contribution in [3.63, 3.8) is 0 Å². The molecule has 0 aliphatic rings. The number of hydrogen-bond acceptors (Lipinski definition) is 1. The first-order valence-corrected chi connectivity index (χ1v) is 7.48. The minimum atomic E-state index is -0.207. The van der Waals surface area contributed by atoms with Crippen LogP contribution in [0.25, 0.3) is 0 Å². The van der Waals surface area contributed by atoms with Crippen molar-refractivity contribution >= 4 is 41.5 Å². The van der Waals surface area contributed by atoms with Gasteiger partial charge in [-0.1, -0.05) is 35.9 Å². The fourth-order valence-electron chi connectivity index (χ4n) is 2.07. The first kappa shape index (κ1) is 19.7. The fraction of sp³-hybridized carbons (Fsp3) is 0.235. The van der Waals surface area contributed by atoms with Crippen molar-refractivity contribution in [3.8, 4) is 0 Å². The average Bonchev–Trinajstić information content (AvgIpc) is 2.51. The van der Waals surface area contributed by atoms with Crippen LogP contribution in [0.4, 0.5) is 4.39 Å². The lowest BCUT2D eigenvalue weighted by molar-refractivity contribution is 0.625. The Morgan fingerprint density at radius 3 is 2.52 bits per heavy atom. The summed E-state index contributed by atoms with van der Waals surface area (Å²) in [4.78, 5) is 4.16. The van der Waals surface area contributed by atoms with E-state index in [0.29, 0.717) is 24.1 Å². The van der Waals surface area contributed by atoms with Gasteiger partial charge in [0.1, 0.15) is 5.82 Å². The zero-order valence-corrected chi connectivity index (χ0v) is 15.9. The number of halogens is 3. The SMILES string of the molecule is CN=C(NCCc1cccc(F)c1)NCc1cccc(Cl)c1.I. The largest absolute Gasteiger partial charge is 0.356 e. The van der Waals surface area contributed by atoms with E-state index >= 15 is 0 Å². The summed E-state index contributed by atoms with van der Waals surface area (Å²) in [5.74, 6) is 0.498. The Labute approximate surface area is 158 Å². The standard InChI is InChI=1S/C17H19ClFN3.HI/c1-20-17(22-12-14-5-2-6-15(18)10-14)21-9-8-13-4-3-7-16(19)11-13;/h2-7,10-11H,8-9,12H2,1H3,(H2,20,21,22);1H. The van der Waals surface area contributed by atoms with Crippen LogP contribution in [0, 0.1) is 5.82 Å². The number of benzene rings is 2. The van der Waals surface area contributed by atoms with Gasteiger partial charge in [0.05, 0.1) is 0 Å². The molecule has 0 bridgehead atoms. The third kappa shape index (κ3) is 7.18. The van der Waals surface area contributed by atoms with E-state index in [0.717, 1.165) is 17.5 Å². The van der Waals surface area contributed by atoms with Gasteiger partial charge in [-0.25, -0.2) is 4.39 Å². The molecule has 0 atom stereocenters. The van der Waals surface area contributed by atoms with E-state index in [1.54, 1.807) is 19.2 Å².